The summed E-state index contributed by atoms with van der Waals surface area (Å²) in [6.07, 6.45) is 5.45. The molecule has 2 N–H and O–H groups in total. The van der Waals surface area contributed by atoms with Gasteiger partial charge >= 0.3 is 0 Å². The molecule has 0 fully saturated rings. The lowest BCUT2D eigenvalue weighted by molar-refractivity contribution is 0.260. The van der Waals surface area contributed by atoms with Gasteiger partial charge in [0.1, 0.15) is 29.4 Å². The first kappa shape index (κ1) is 26.5. The number of H-pyrrole nitrogens is 2. The normalized spacial score (nSPS) is 11.8. The van der Waals surface area contributed by atoms with Gasteiger partial charge in [-0.1, -0.05) is 6.07 Å². The van der Waals surface area contributed by atoms with Gasteiger partial charge in [0.25, 0.3) is 0 Å². The van der Waals surface area contributed by atoms with E-state index < -0.39 is 5.82 Å². The minimum absolute atomic E-state index is 0.396. The van der Waals surface area contributed by atoms with Crippen LogP contribution in [0.5, 0.6) is 5.75 Å². The predicted molar refractivity (Wildman–Crippen MR) is 159 cm³/mol. The number of imidazole rings is 1. The molecular weight excluding hydrogens is 519 g/mol. The summed E-state index contributed by atoms with van der Waals surface area (Å²) < 4.78 is 20.4. The van der Waals surface area contributed by atoms with Gasteiger partial charge in [-0.25, -0.2) is 9.37 Å². The Labute approximate surface area is 237 Å². The zero-order valence-electron chi connectivity index (χ0n) is 23.4. The van der Waals surface area contributed by atoms with Gasteiger partial charge in [-0.2, -0.15) is 5.10 Å². The minimum atomic E-state index is -0.396. The third-order valence-electron chi connectivity index (χ3n) is 6.77. The standard InChI is InChI=1S/C31H31FN8O/c1-39(2)9-10-41-24-13-21(12-23(32)15-24)28-30-27(7-8-34-28)35-31(36-30)29-25-14-20(5-6-26(25)37-38-29)22-11-19(16-33-17-22)18-40(3)4/h5-8,11-17H,9-10,18H2,1-4H3,(H,35,36)(H,37,38). The predicted octanol–water partition coefficient (Wildman–Crippen LogP) is 5.37. The van der Waals surface area contributed by atoms with Crippen molar-refractivity contribution in [3.05, 3.63) is 78.5 Å². The van der Waals surface area contributed by atoms with Crippen LogP contribution in [0.15, 0.2) is 67.1 Å². The third-order valence-corrected chi connectivity index (χ3v) is 6.77. The van der Waals surface area contributed by atoms with Crippen LogP contribution < -0.4 is 4.74 Å². The fourth-order valence-electron chi connectivity index (χ4n) is 4.86. The number of rotatable bonds is 9. The summed E-state index contributed by atoms with van der Waals surface area (Å²) in [5, 5.41) is 8.63. The van der Waals surface area contributed by atoms with E-state index in [0.717, 1.165) is 46.2 Å². The highest BCUT2D eigenvalue weighted by Gasteiger charge is 2.17. The van der Waals surface area contributed by atoms with Crippen LogP contribution >= 0.6 is 0 Å². The van der Waals surface area contributed by atoms with E-state index in [1.807, 2.05) is 57.6 Å². The zero-order chi connectivity index (χ0) is 28.5. The molecule has 0 unspecified atom stereocenters. The highest BCUT2D eigenvalue weighted by Crippen LogP contribution is 2.33. The number of likely N-dealkylation sites (N-methyl/N-ethyl adjacent to an activating group) is 1. The SMILES string of the molecule is CN(C)CCOc1cc(F)cc(-c2nccc3[nH]c(-c4n[nH]c5ccc(-c6cncc(CN(C)C)c6)cc45)nc23)c1. The summed E-state index contributed by atoms with van der Waals surface area (Å²) in [5.74, 6) is 0.647. The summed E-state index contributed by atoms with van der Waals surface area (Å²) >= 11 is 0. The number of fused-ring (bicyclic) bond motifs is 2. The quantitative estimate of drug-likeness (QED) is 0.250. The Bertz CT molecular complexity index is 1840. The van der Waals surface area contributed by atoms with E-state index in [-0.39, 0.29) is 0 Å². The van der Waals surface area contributed by atoms with E-state index in [0.29, 0.717) is 40.6 Å². The number of ether oxygens (including phenoxy) is 1. The van der Waals surface area contributed by atoms with E-state index in [2.05, 4.69) is 48.2 Å². The lowest BCUT2D eigenvalue weighted by atomic mass is 10.0. The number of hydrogen-bond acceptors (Lipinski definition) is 7. The Hall–Kier alpha value is -4.67. The van der Waals surface area contributed by atoms with E-state index >= 15 is 0 Å². The molecular formula is C31H31FN8O. The summed E-state index contributed by atoms with van der Waals surface area (Å²) in [7, 11) is 8.01. The number of nitrogens with one attached hydrogen (secondary N) is 2. The fraction of sp³-hybridized carbons (Fsp3) is 0.226. The first-order valence-electron chi connectivity index (χ1n) is 13.3. The molecule has 0 saturated carbocycles. The van der Waals surface area contributed by atoms with Crippen LogP contribution in [0.3, 0.4) is 0 Å². The second-order valence-corrected chi connectivity index (χ2v) is 10.6. The van der Waals surface area contributed by atoms with Crippen molar-refractivity contribution in [2.75, 3.05) is 41.3 Å². The largest absolute Gasteiger partial charge is 0.492 e. The van der Waals surface area contributed by atoms with Crippen LogP contribution in [-0.4, -0.2) is 81.3 Å². The zero-order valence-corrected chi connectivity index (χ0v) is 23.4. The Kier molecular flexibility index (Phi) is 7.17. The lowest BCUT2D eigenvalue weighted by Gasteiger charge is -2.12. The van der Waals surface area contributed by atoms with Crippen molar-refractivity contribution < 1.29 is 9.13 Å². The van der Waals surface area contributed by atoms with Crippen molar-refractivity contribution in [3.8, 4) is 39.7 Å². The van der Waals surface area contributed by atoms with Crippen molar-refractivity contribution in [1.82, 2.24) is 39.9 Å². The number of benzene rings is 2. The average molecular weight is 551 g/mol. The molecule has 2 aromatic carbocycles. The Morgan fingerprint density at radius 3 is 2.56 bits per heavy atom. The number of aromatic nitrogens is 6. The molecule has 0 aliphatic rings. The molecule has 0 atom stereocenters. The summed E-state index contributed by atoms with van der Waals surface area (Å²) in [5.41, 5.74) is 7.34. The van der Waals surface area contributed by atoms with E-state index in [4.69, 9.17) is 9.72 Å². The molecule has 0 bridgehead atoms. The molecule has 0 saturated heterocycles. The maximum absolute atomic E-state index is 14.6. The Balaban J connectivity index is 1.37. The molecule has 9 nitrogen and oxygen atoms in total. The molecule has 0 aliphatic carbocycles. The molecule has 6 rings (SSSR count). The summed E-state index contributed by atoms with van der Waals surface area (Å²) in [6, 6.07) is 14.8. The Morgan fingerprint density at radius 2 is 1.73 bits per heavy atom. The van der Waals surface area contributed by atoms with Crippen molar-refractivity contribution >= 4 is 21.9 Å². The molecule has 0 aliphatic heterocycles. The van der Waals surface area contributed by atoms with Gasteiger partial charge in [0, 0.05) is 54.3 Å². The number of aromatic amines is 2. The van der Waals surface area contributed by atoms with Crippen LogP contribution in [0.1, 0.15) is 5.56 Å². The summed E-state index contributed by atoms with van der Waals surface area (Å²) in [4.78, 5) is 21.4. The van der Waals surface area contributed by atoms with Gasteiger partial charge in [-0.05, 0) is 75.7 Å². The van der Waals surface area contributed by atoms with Gasteiger partial charge in [0.15, 0.2) is 5.82 Å². The molecule has 41 heavy (non-hydrogen) atoms. The first-order valence-corrected chi connectivity index (χ1v) is 13.3. The molecule has 6 aromatic rings. The molecule has 0 radical (unpaired) electrons. The maximum atomic E-state index is 14.6. The minimum Gasteiger partial charge on any atom is -0.492 e. The maximum Gasteiger partial charge on any atom is 0.159 e. The van der Waals surface area contributed by atoms with Crippen LogP contribution in [-0.2, 0) is 6.54 Å². The second-order valence-electron chi connectivity index (χ2n) is 10.6. The van der Waals surface area contributed by atoms with Gasteiger partial charge in [0.2, 0.25) is 0 Å². The molecule has 208 valence electrons. The topological polar surface area (TPSA) is 98.8 Å². The Morgan fingerprint density at radius 1 is 0.854 bits per heavy atom. The molecule has 10 heteroatoms. The number of pyridine rings is 2. The van der Waals surface area contributed by atoms with Gasteiger partial charge < -0.3 is 19.5 Å². The number of halogens is 1. The first-order chi connectivity index (χ1) is 19.8. The molecule has 0 amide bonds. The molecule has 4 aromatic heterocycles. The van der Waals surface area contributed by atoms with Crippen molar-refractivity contribution in [2.24, 2.45) is 0 Å². The molecule has 0 spiro atoms. The van der Waals surface area contributed by atoms with Crippen LogP contribution in [0.4, 0.5) is 4.39 Å². The van der Waals surface area contributed by atoms with Crippen LogP contribution in [0.25, 0.3) is 55.8 Å². The average Bonchev–Trinajstić information content (AvgIpc) is 3.56. The van der Waals surface area contributed by atoms with E-state index in [1.165, 1.54) is 12.1 Å². The smallest absolute Gasteiger partial charge is 0.159 e. The highest BCUT2D eigenvalue weighted by atomic mass is 19.1. The van der Waals surface area contributed by atoms with Crippen LogP contribution in [0, 0.1) is 5.82 Å². The monoisotopic (exact) mass is 550 g/mol. The highest BCUT2D eigenvalue weighted by molar-refractivity contribution is 5.97. The molecule has 4 heterocycles. The summed E-state index contributed by atoms with van der Waals surface area (Å²) in [6.45, 7) is 1.98. The van der Waals surface area contributed by atoms with Crippen molar-refractivity contribution in [2.45, 2.75) is 6.54 Å². The van der Waals surface area contributed by atoms with Crippen LogP contribution in [0.2, 0.25) is 0 Å². The number of nitrogens with zero attached hydrogens (tertiary/aromatic N) is 6. The lowest BCUT2D eigenvalue weighted by Crippen LogP contribution is -2.19. The van der Waals surface area contributed by atoms with Gasteiger partial charge in [0.05, 0.1) is 16.7 Å². The third kappa shape index (κ3) is 5.65. The second kappa shape index (κ2) is 11.1. The van der Waals surface area contributed by atoms with Gasteiger partial charge in [-0.15, -0.1) is 0 Å². The van der Waals surface area contributed by atoms with Gasteiger partial charge in [-0.3, -0.25) is 15.1 Å². The van der Waals surface area contributed by atoms with Crippen molar-refractivity contribution in [3.63, 3.8) is 0 Å². The van der Waals surface area contributed by atoms with E-state index in [1.54, 1.807) is 12.3 Å². The number of hydrogen-bond donors (Lipinski definition) is 2. The van der Waals surface area contributed by atoms with E-state index in [9.17, 15) is 4.39 Å². The van der Waals surface area contributed by atoms with Crippen molar-refractivity contribution in [1.29, 1.82) is 0 Å². The fourth-order valence-corrected chi connectivity index (χ4v) is 4.86.